The van der Waals surface area contributed by atoms with Gasteiger partial charge in [0.15, 0.2) is 15.5 Å². The molecule has 3 rings (SSSR count). The molecule has 1 aliphatic heterocycles. The van der Waals surface area contributed by atoms with Crippen molar-refractivity contribution in [2.45, 2.75) is 25.7 Å². The van der Waals surface area contributed by atoms with E-state index in [-0.39, 0.29) is 41.1 Å². The first kappa shape index (κ1) is 15.4. The monoisotopic (exact) mass is 334 g/mol. The van der Waals surface area contributed by atoms with Crippen LogP contribution >= 0.6 is 0 Å². The molecule has 0 aromatic carbocycles. The fourth-order valence-electron chi connectivity index (χ4n) is 3.32. The van der Waals surface area contributed by atoms with Gasteiger partial charge in [-0.1, -0.05) is 5.16 Å². The number of hydrogen-bond donors (Lipinski definition) is 1. The Balaban J connectivity index is 1.61. The number of amides is 1. The zero-order valence-electron chi connectivity index (χ0n) is 11.9. The smallest absolute Gasteiger partial charge is 0.290 e. The number of aromatic nitrogens is 1. The molecule has 6 nitrogen and oxygen atoms in total. The summed E-state index contributed by atoms with van der Waals surface area (Å²) < 4.78 is 53.8. The standard InChI is InChI=1S/C13H16F2N2O4S/c1-13(14,15)10-4-11(21-17-10)16-12(18)7-2-8-5-22(19,20)6-9(8)3-7/h4,7-9H,2-3,5-6H2,1H3,(H,16,18)/t7?,8-,9+. The van der Waals surface area contributed by atoms with Crippen molar-refractivity contribution in [3.63, 3.8) is 0 Å². The molecule has 2 fully saturated rings. The lowest BCUT2D eigenvalue weighted by Crippen LogP contribution is -2.22. The van der Waals surface area contributed by atoms with Gasteiger partial charge in [-0.25, -0.2) is 8.42 Å². The fourth-order valence-corrected chi connectivity index (χ4v) is 5.58. The summed E-state index contributed by atoms with van der Waals surface area (Å²) in [6.45, 7) is 0.690. The van der Waals surface area contributed by atoms with Crippen LogP contribution in [0.3, 0.4) is 0 Å². The van der Waals surface area contributed by atoms with Crippen LogP contribution in [0.5, 0.6) is 0 Å². The van der Waals surface area contributed by atoms with Crippen molar-refractivity contribution in [3.8, 4) is 0 Å². The van der Waals surface area contributed by atoms with Crippen LogP contribution in [0.1, 0.15) is 25.5 Å². The summed E-state index contributed by atoms with van der Waals surface area (Å²) in [4.78, 5) is 12.1. The van der Waals surface area contributed by atoms with Gasteiger partial charge in [0, 0.05) is 18.9 Å². The molecule has 1 saturated heterocycles. The maximum Gasteiger partial charge on any atom is 0.290 e. The molecule has 0 bridgehead atoms. The first-order valence-corrected chi connectivity index (χ1v) is 8.82. The maximum absolute atomic E-state index is 13.0. The normalized spacial score (nSPS) is 30.2. The number of sulfone groups is 1. The number of fused-ring (bicyclic) bond motifs is 1. The fraction of sp³-hybridized carbons (Fsp3) is 0.692. The molecule has 1 aromatic rings. The minimum atomic E-state index is -3.13. The Kier molecular flexibility index (Phi) is 3.50. The minimum Gasteiger partial charge on any atom is -0.338 e. The summed E-state index contributed by atoms with van der Waals surface area (Å²) in [6.07, 6.45) is 1.00. The Morgan fingerprint density at radius 1 is 1.36 bits per heavy atom. The molecule has 2 aliphatic rings. The molecule has 1 N–H and O–H groups in total. The second kappa shape index (κ2) is 5.00. The van der Waals surface area contributed by atoms with Crippen molar-refractivity contribution in [1.29, 1.82) is 0 Å². The summed E-state index contributed by atoms with van der Waals surface area (Å²) >= 11 is 0. The van der Waals surface area contributed by atoms with E-state index in [9.17, 15) is 22.0 Å². The lowest BCUT2D eigenvalue weighted by Gasteiger charge is -2.09. The van der Waals surface area contributed by atoms with Gasteiger partial charge in [0.25, 0.3) is 5.92 Å². The molecule has 3 atom stereocenters. The van der Waals surface area contributed by atoms with Crippen LogP contribution in [0, 0.1) is 17.8 Å². The van der Waals surface area contributed by atoms with E-state index in [1.54, 1.807) is 0 Å². The van der Waals surface area contributed by atoms with E-state index in [2.05, 4.69) is 10.5 Å². The minimum absolute atomic E-state index is 0.0195. The van der Waals surface area contributed by atoms with Gasteiger partial charge in [-0.15, -0.1) is 0 Å². The average molecular weight is 334 g/mol. The molecule has 1 aromatic heterocycles. The molecule has 1 saturated carbocycles. The van der Waals surface area contributed by atoms with E-state index in [0.29, 0.717) is 19.8 Å². The highest BCUT2D eigenvalue weighted by Crippen LogP contribution is 2.43. The lowest BCUT2D eigenvalue weighted by atomic mass is 10.0. The van der Waals surface area contributed by atoms with Crippen LogP contribution in [-0.2, 0) is 20.6 Å². The first-order chi connectivity index (χ1) is 10.1. The molecular weight excluding hydrogens is 318 g/mol. The molecule has 0 radical (unpaired) electrons. The van der Waals surface area contributed by atoms with Gasteiger partial charge in [-0.3, -0.25) is 10.1 Å². The molecule has 9 heteroatoms. The predicted molar refractivity (Wildman–Crippen MR) is 73.1 cm³/mol. The van der Waals surface area contributed by atoms with E-state index in [0.717, 1.165) is 6.07 Å². The van der Waals surface area contributed by atoms with Gasteiger partial charge in [-0.2, -0.15) is 8.78 Å². The summed E-state index contributed by atoms with van der Waals surface area (Å²) in [7, 11) is -2.97. The summed E-state index contributed by atoms with van der Waals surface area (Å²) in [6, 6.07) is 0.998. The third kappa shape index (κ3) is 2.99. The molecule has 1 amide bonds. The van der Waals surface area contributed by atoms with Crippen LogP contribution < -0.4 is 5.32 Å². The number of halogens is 2. The second-order valence-corrected chi connectivity index (χ2v) is 8.37. The first-order valence-electron chi connectivity index (χ1n) is 7.00. The van der Waals surface area contributed by atoms with E-state index >= 15 is 0 Å². The number of alkyl halides is 2. The number of carbonyl (C=O) groups is 1. The largest absolute Gasteiger partial charge is 0.338 e. The van der Waals surface area contributed by atoms with Gasteiger partial charge >= 0.3 is 0 Å². The molecule has 1 unspecified atom stereocenters. The Hall–Kier alpha value is -1.51. The van der Waals surface area contributed by atoms with E-state index < -0.39 is 21.5 Å². The van der Waals surface area contributed by atoms with Crippen molar-refractivity contribution in [2.75, 3.05) is 16.8 Å². The van der Waals surface area contributed by atoms with Gasteiger partial charge in [0.2, 0.25) is 11.8 Å². The van der Waals surface area contributed by atoms with Crippen molar-refractivity contribution in [1.82, 2.24) is 5.16 Å². The number of carbonyl (C=O) groups excluding carboxylic acids is 1. The summed E-state index contributed by atoms with van der Waals surface area (Å²) in [5, 5.41) is 5.66. The third-order valence-electron chi connectivity index (χ3n) is 4.35. The van der Waals surface area contributed by atoms with Gasteiger partial charge in [0.1, 0.15) is 0 Å². The van der Waals surface area contributed by atoms with Crippen LogP contribution in [-0.4, -0.2) is 31.0 Å². The van der Waals surface area contributed by atoms with E-state index in [1.807, 2.05) is 0 Å². The molecule has 2 heterocycles. The quantitative estimate of drug-likeness (QED) is 0.910. The van der Waals surface area contributed by atoms with Crippen LogP contribution in [0.4, 0.5) is 14.7 Å². The Morgan fingerprint density at radius 3 is 2.45 bits per heavy atom. The second-order valence-electron chi connectivity index (χ2n) is 6.22. The SMILES string of the molecule is CC(F)(F)c1cc(NC(=O)C2C[C@@H]3CS(=O)(=O)C[C@@H]3C2)on1. The maximum atomic E-state index is 13.0. The Morgan fingerprint density at radius 2 is 1.95 bits per heavy atom. The number of nitrogens with zero attached hydrogens (tertiary/aromatic N) is 1. The summed E-state index contributed by atoms with van der Waals surface area (Å²) in [5.41, 5.74) is -0.544. The molecule has 1 aliphatic carbocycles. The van der Waals surface area contributed by atoms with E-state index in [4.69, 9.17) is 4.52 Å². The van der Waals surface area contributed by atoms with Crippen molar-refractivity contribution in [2.24, 2.45) is 17.8 Å². The molecule has 22 heavy (non-hydrogen) atoms. The van der Waals surface area contributed by atoms with E-state index in [1.165, 1.54) is 0 Å². The van der Waals surface area contributed by atoms with Gasteiger partial charge in [0.05, 0.1) is 11.5 Å². The third-order valence-corrected chi connectivity index (χ3v) is 6.23. The average Bonchev–Trinajstić information content (AvgIpc) is 3.00. The van der Waals surface area contributed by atoms with Crippen molar-refractivity contribution < 1.29 is 26.5 Å². The Labute approximate surface area is 126 Å². The highest BCUT2D eigenvalue weighted by molar-refractivity contribution is 7.91. The van der Waals surface area contributed by atoms with Gasteiger partial charge < -0.3 is 4.52 Å². The lowest BCUT2D eigenvalue weighted by molar-refractivity contribution is -0.119. The molecular formula is C13H16F2N2O4S. The highest BCUT2D eigenvalue weighted by Gasteiger charge is 2.46. The predicted octanol–water partition coefficient (Wildman–Crippen LogP) is 1.80. The number of hydrogen-bond acceptors (Lipinski definition) is 5. The highest BCUT2D eigenvalue weighted by atomic mass is 32.2. The van der Waals surface area contributed by atoms with Crippen molar-refractivity contribution >= 4 is 21.6 Å². The van der Waals surface area contributed by atoms with Gasteiger partial charge in [-0.05, 0) is 24.7 Å². The molecule has 0 spiro atoms. The molecule has 122 valence electrons. The number of rotatable bonds is 3. The zero-order chi connectivity index (χ0) is 16.1. The number of anilines is 1. The Bertz CT molecular complexity index is 675. The van der Waals surface area contributed by atoms with Crippen LogP contribution in [0.15, 0.2) is 10.6 Å². The van der Waals surface area contributed by atoms with Crippen LogP contribution in [0.2, 0.25) is 0 Å². The summed E-state index contributed by atoms with van der Waals surface area (Å²) in [5.74, 6) is -3.60. The number of nitrogens with one attached hydrogen (secondary N) is 1. The topological polar surface area (TPSA) is 89.3 Å². The van der Waals surface area contributed by atoms with Crippen LogP contribution in [0.25, 0.3) is 0 Å². The zero-order valence-corrected chi connectivity index (χ0v) is 12.7. The van der Waals surface area contributed by atoms with Crippen molar-refractivity contribution in [3.05, 3.63) is 11.8 Å².